The predicted molar refractivity (Wildman–Crippen MR) is 125 cm³/mol. The van der Waals surface area contributed by atoms with E-state index in [2.05, 4.69) is 26.3 Å². The number of rotatable bonds is 8. The van der Waals surface area contributed by atoms with Crippen molar-refractivity contribution in [3.63, 3.8) is 0 Å². The summed E-state index contributed by atoms with van der Waals surface area (Å²) in [6, 6.07) is 13.7. The summed E-state index contributed by atoms with van der Waals surface area (Å²) in [5, 5.41) is 2.82. The number of amides is 1. The van der Waals surface area contributed by atoms with Crippen molar-refractivity contribution in [3.8, 4) is 17.1 Å². The number of hydrogen-bond acceptors (Lipinski definition) is 5. The molecule has 2 heterocycles. The second kappa shape index (κ2) is 11.5. The molecule has 0 atom stereocenters. The maximum atomic E-state index is 13.0. The number of aromatic nitrogens is 2. The molecule has 0 saturated carbocycles. The van der Waals surface area contributed by atoms with Crippen LogP contribution in [0.1, 0.15) is 36.8 Å². The van der Waals surface area contributed by atoms with E-state index in [1.807, 2.05) is 12.1 Å². The van der Waals surface area contributed by atoms with E-state index in [1.54, 1.807) is 30.6 Å². The summed E-state index contributed by atoms with van der Waals surface area (Å²) in [7, 11) is 0. The molecule has 4 rings (SSSR count). The molecule has 172 valence electrons. The normalized spacial score (nSPS) is 14.5. The van der Waals surface area contributed by atoms with Crippen LogP contribution in [0.5, 0.6) is 5.75 Å². The number of halogens is 1. The molecule has 1 fully saturated rings. The molecular formula is C26H29FN4O2. The molecule has 0 aliphatic carbocycles. The highest BCUT2D eigenvalue weighted by atomic mass is 19.1. The molecule has 1 aliphatic heterocycles. The third-order valence-electron chi connectivity index (χ3n) is 5.74. The number of hydrogen-bond donors (Lipinski definition) is 1. The van der Waals surface area contributed by atoms with E-state index in [9.17, 15) is 9.18 Å². The van der Waals surface area contributed by atoms with Crippen molar-refractivity contribution < 1.29 is 13.9 Å². The third kappa shape index (κ3) is 6.83. The summed E-state index contributed by atoms with van der Waals surface area (Å²) in [6.45, 7) is 3.11. The van der Waals surface area contributed by atoms with Crippen LogP contribution in [-0.4, -0.2) is 40.5 Å². The monoisotopic (exact) mass is 448 g/mol. The molecule has 0 radical (unpaired) electrons. The molecule has 0 bridgehead atoms. The van der Waals surface area contributed by atoms with Crippen LogP contribution in [-0.2, 0) is 17.9 Å². The van der Waals surface area contributed by atoms with E-state index in [1.165, 1.54) is 37.8 Å². The molecule has 1 N–H and O–H groups in total. The van der Waals surface area contributed by atoms with Crippen molar-refractivity contribution in [2.75, 3.05) is 19.7 Å². The van der Waals surface area contributed by atoms with Crippen LogP contribution < -0.4 is 10.1 Å². The zero-order valence-electron chi connectivity index (χ0n) is 18.7. The first-order valence-corrected chi connectivity index (χ1v) is 11.4. The van der Waals surface area contributed by atoms with Gasteiger partial charge in [-0.15, -0.1) is 0 Å². The zero-order chi connectivity index (χ0) is 22.9. The Morgan fingerprint density at radius 1 is 1.00 bits per heavy atom. The minimum atomic E-state index is -0.297. The second-order valence-electron chi connectivity index (χ2n) is 8.28. The van der Waals surface area contributed by atoms with Gasteiger partial charge in [-0.25, -0.2) is 14.4 Å². The van der Waals surface area contributed by atoms with Gasteiger partial charge >= 0.3 is 0 Å². The summed E-state index contributed by atoms with van der Waals surface area (Å²) in [4.78, 5) is 23.5. The molecule has 1 amide bonds. The maximum absolute atomic E-state index is 13.0. The Bertz CT molecular complexity index is 1040. The van der Waals surface area contributed by atoms with Crippen molar-refractivity contribution in [2.24, 2.45) is 0 Å². The lowest BCUT2D eigenvalue weighted by molar-refractivity contribution is -0.123. The highest BCUT2D eigenvalue weighted by Gasteiger charge is 2.15. The van der Waals surface area contributed by atoms with Gasteiger partial charge in [-0.05, 0) is 67.9 Å². The van der Waals surface area contributed by atoms with Gasteiger partial charge in [0, 0.05) is 36.6 Å². The number of nitrogens with one attached hydrogen (secondary N) is 1. The second-order valence-corrected chi connectivity index (χ2v) is 8.28. The molecule has 3 aromatic rings. The van der Waals surface area contributed by atoms with Gasteiger partial charge in [0.05, 0.1) is 0 Å². The molecule has 1 saturated heterocycles. The molecule has 0 unspecified atom stereocenters. The zero-order valence-corrected chi connectivity index (χ0v) is 18.7. The van der Waals surface area contributed by atoms with E-state index in [-0.39, 0.29) is 18.3 Å². The first-order chi connectivity index (χ1) is 16.2. The number of likely N-dealkylation sites (tertiary alicyclic amines) is 1. The summed E-state index contributed by atoms with van der Waals surface area (Å²) in [5.41, 5.74) is 2.78. The Balaban J connectivity index is 1.43. The van der Waals surface area contributed by atoms with Gasteiger partial charge in [-0.1, -0.05) is 25.0 Å². The van der Waals surface area contributed by atoms with Crippen LogP contribution in [0.4, 0.5) is 4.39 Å². The fraction of sp³-hybridized carbons (Fsp3) is 0.346. The van der Waals surface area contributed by atoms with Gasteiger partial charge in [0.1, 0.15) is 11.6 Å². The highest BCUT2D eigenvalue weighted by molar-refractivity contribution is 5.77. The average Bonchev–Trinajstić information content (AvgIpc) is 3.12. The Kier molecular flexibility index (Phi) is 7.98. The van der Waals surface area contributed by atoms with Gasteiger partial charge in [-0.3, -0.25) is 9.69 Å². The van der Waals surface area contributed by atoms with Gasteiger partial charge < -0.3 is 10.1 Å². The number of nitrogens with zero attached hydrogens (tertiary/aromatic N) is 3. The molecule has 6 nitrogen and oxygen atoms in total. The van der Waals surface area contributed by atoms with E-state index >= 15 is 0 Å². The Hall–Kier alpha value is -3.32. The molecule has 2 aromatic carbocycles. The summed E-state index contributed by atoms with van der Waals surface area (Å²) >= 11 is 0. The minimum absolute atomic E-state index is 0.0879. The van der Waals surface area contributed by atoms with Crippen LogP contribution in [0.3, 0.4) is 0 Å². The smallest absolute Gasteiger partial charge is 0.258 e. The SMILES string of the molecule is O=C(COc1ccc(-c2ncccn2)cc1CN1CCCCCC1)NCc1ccc(F)cc1. The topological polar surface area (TPSA) is 67.3 Å². The number of ether oxygens (including phenoxy) is 1. The molecule has 1 aromatic heterocycles. The van der Waals surface area contributed by atoms with Crippen LogP contribution in [0.2, 0.25) is 0 Å². The Morgan fingerprint density at radius 3 is 2.45 bits per heavy atom. The lowest BCUT2D eigenvalue weighted by atomic mass is 10.1. The number of carbonyl (C=O) groups is 1. The quantitative estimate of drug-likeness (QED) is 0.555. The summed E-state index contributed by atoms with van der Waals surface area (Å²) in [5.74, 6) is 0.833. The van der Waals surface area contributed by atoms with E-state index in [0.717, 1.165) is 36.3 Å². The number of carbonyl (C=O) groups excluding carboxylic acids is 1. The maximum Gasteiger partial charge on any atom is 0.258 e. The molecular weight excluding hydrogens is 419 g/mol. The summed E-state index contributed by atoms with van der Waals surface area (Å²) < 4.78 is 19.0. The van der Waals surface area contributed by atoms with Crippen LogP contribution in [0.15, 0.2) is 60.9 Å². The first kappa shape index (κ1) is 22.9. The van der Waals surface area contributed by atoms with Crippen LogP contribution in [0, 0.1) is 5.82 Å². The van der Waals surface area contributed by atoms with Crippen molar-refractivity contribution in [1.29, 1.82) is 0 Å². The summed E-state index contributed by atoms with van der Waals surface area (Å²) in [6.07, 6.45) is 8.39. The average molecular weight is 449 g/mol. The van der Waals surface area contributed by atoms with Crippen molar-refractivity contribution in [1.82, 2.24) is 20.2 Å². The molecule has 33 heavy (non-hydrogen) atoms. The first-order valence-electron chi connectivity index (χ1n) is 11.4. The standard InChI is InChI=1S/C26H29FN4O2/c27-23-9-6-20(7-10-23)17-30-25(32)19-33-24-11-8-21(26-28-12-5-13-29-26)16-22(24)18-31-14-3-1-2-4-15-31/h5-13,16H,1-4,14-15,17-19H2,(H,30,32). The largest absolute Gasteiger partial charge is 0.483 e. The third-order valence-corrected chi connectivity index (χ3v) is 5.74. The van der Waals surface area contributed by atoms with Gasteiger partial charge in [0.15, 0.2) is 12.4 Å². The molecule has 0 spiro atoms. The minimum Gasteiger partial charge on any atom is -0.483 e. The fourth-order valence-electron chi connectivity index (χ4n) is 3.96. The van der Waals surface area contributed by atoms with Gasteiger partial charge in [-0.2, -0.15) is 0 Å². The van der Waals surface area contributed by atoms with Crippen molar-refractivity contribution >= 4 is 5.91 Å². The van der Waals surface area contributed by atoms with E-state index in [0.29, 0.717) is 18.1 Å². The highest BCUT2D eigenvalue weighted by Crippen LogP contribution is 2.27. The Labute approximate surface area is 193 Å². The van der Waals surface area contributed by atoms with Crippen LogP contribution in [0.25, 0.3) is 11.4 Å². The van der Waals surface area contributed by atoms with E-state index < -0.39 is 0 Å². The number of benzene rings is 2. The lowest BCUT2D eigenvalue weighted by Crippen LogP contribution is -2.29. The van der Waals surface area contributed by atoms with Crippen LogP contribution >= 0.6 is 0 Å². The van der Waals surface area contributed by atoms with Crippen molar-refractivity contribution in [2.45, 2.75) is 38.8 Å². The Morgan fingerprint density at radius 2 is 1.73 bits per heavy atom. The van der Waals surface area contributed by atoms with E-state index in [4.69, 9.17) is 4.74 Å². The lowest BCUT2D eigenvalue weighted by Gasteiger charge is -2.22. The molecule has 7 heteroatoms. The fourth-order valence-corrected chi connectivity index (χ4v) is 3.96. The van der Waals surface area contributed by atoms with Crippen molar-refractivity contribution in [3.05, 3.63) is 77.9 Å². The van der Waals surface area contributed by atoms with Gasteiger partial charge in [0.2, 0.25) is 0 Å². The molecule has 1 aliphatic rings. The van der Waals surface area contributed by atoms with Gasteiger partial charge in [0.25, 0.3) is 5.91 Å². The predicted octanol–water partition coefficient (Wildman–Crippen LogP) is 4.35.